The Morgan fingerprint density at radius 2 is 1.72 bits per heavy atom. The molecular weight excluding hydrogens is 314 g/mol. The highest BCUT2D eigenvalue weighted by Gasteiger charge is 2.08. The van der Waals surface area contributed by atoms with Crippen LogP contribution in [0.15, 0.2) is 42.5 Å². The van der Waals surface area contributed by atoms with Crippen LogP contribution in [0.3, 0.4) is 0 Å². The monoisotopic (exact) mass is 345 g/mol. The van der Waals surface area contributed by atoms with Crippen LogP contribution in [0.5, 0.6) is 5.75 Å². The summed E-state index contributed by atoms with van der Waals surface area (Å²) < 4.78 is 5.12. The molecule has 25 heavy (non-hydrogen) atoms. The second-order valence-corrected chi connectivity index (χ2v) is 6.10. The molecule has 0 amide bonds. The van der Waals surface area contributed by atoms with Crippen LogP contribution in [0.2, 0.25) is 0 Å². The Morgan fingerprint density at radius 1 is 1.04 bits per heavy atom. The minimum absolute atomic E-state index is 0.108. The lowest BCUT2D eigenvalue weighted by atomic mass is 10.1. The maximum absolute atomic E-state index is 11.8. The number of phenols is 1. The molecule has 4 nitrogen and oxygen atoms in total. The molecule has 0 saturated heterocycles. The average Bonchev–Trinajstić information content (AvgIpc) is 2.61. The zero-order valence-corrected chi connectivity index (χ0v) is 15.2. The molecule has 1 rings (SSSR count). The molecule has 0 unspecified atom stereocenters. The van der Waals surface area contributed by atoms with Crippen molar-refractivity contribution in [2.75, 3.05) is 12.3 Å². The van der Waals surface area contributed by atoms with Crippen molar-refractivity contribution in [2.24, 2.45) is 0 Å². The fraction of sp³-hybridized carbons (Fsp3) is 0.476. The Balaban J connectivity index is 2.07. The summed E-state index contributed by atoms with van der Waals surface area (Å²) in [6.45, 7) is 2.46. The van der Waals surface area contributed by atoms with E-state index < -0.39 is 5.97 Å². The highest BCUT2D eigenvalue weighted by atomic mass is 16.5. The number of ether oxygens (including phenoxy) is 1. The Hall–Kier alpha value is -2.23. The van der Waals surface area contributed by atoms with Crippen molar-refractivity contribution < 1.29 is 14.6 Å². The molecule has 1 aromatic carbocycles. The maximum Gasteiger partial charge on any atom is 0.338 e. The lowest BCUT2D eigenvalue weighted by molar-refractivity contribution is 0.0549. The standard InChI is InChI=1S/C21H31NO3/c1-2-3-4-5-6-7-8-9-10-11-12-13-16-25-21(24)18-14-15-19(22)20(23)17-18/h7-8,12-15,17,23H,2-6,9-11,16,22H2,1H3/b8-7-,13-12+. The molecule has 0 spiro atoms. The summed E-state index contributed by atoms with van der Waals surface area (Å²) in [5, 5.41) is 9.48. The van der Waals surface area contributed by atoms with Crippen molar-refractivity contribution >= 4 is 11.7 Å². The number of carbonyl (C=O) groups excluding carboxylic acids is 1. The number of hydrogen-bond acceptors (Lipinski definition) is 4. The van der Waals surface area contributed by atoms with Gasteiger partial charge >= 0.3 is 5.97 Å². The first-order valence-electron chi connectivity index (χ1n) is 9.20. The van der Waals surface area contributed by atoms with Gasteiger partial charge in [0.2, 0.25) is 0 Å². The van der Waals surface area contributed by atoms with Crippen LogP contribution in [0.1, 0.15) is 68.6 Å². The second kappa shape index (κ2) is 13.1. The van der Waals surface area contributed by atoms with Gasteiger partial charge in [0.15, 0.2) is 0 Å². The molecule has 0 aliphatic heterocycles. The Morgan fingerprint density at radius 3 is 2.40 bits per heavy atom. The summed E-state index contributed by atoms with van der Waals surface area (Å²) in [6, 6.07) is 4.34. The molecule has 0 saturated carbocycles. The number of allylic oxidation sites excluding steroid dienone is 3. The van der Waals surface area contributed by atoms with Crippen LogP contribution in [0, 0.1) is 0 Å². The van der Waals surface area contributed by atoms with Crippen LogP contribution < -0.4 is 5.73 Å². The number of aromatic hydroxyl groups is 1. The first kappa shape index (κ1) is 20.8. The molecule has 3 N–H and O–H groups in total. The molecule has 0 heterocycles. The second-order valence-electron chi connectivity index (χ2n) is 6.10. The zero-order chi connectivity index (χ0) is 18.3. The van der Waals surface area contributed by atoms with Gasteiger partial charge < -0.3 is 15.6 Å². The topological polar surface area (TPSA) is 72.5 Å². The molecule has 0 aromatic heterocycles. The fourth-order valence-corrected chi connectivity index (χ4v) is 2.34. The van der Waals surface area contributed by atoms with Gasteiger partial charge in [0, 0.05) is 0 Å². The fourth-order valence-electron chi connectivity index (χ4n) is 2.34. The average molecular weight is 345 g/mol. The predicted octanol–water partition coefficient (Wildman–Crippen LogP) is 5.38. The van der Waals surface area contributed by atoms with Gasteiger partial charge in [-0.2, -0.15) is 0 Å². The third-order valence-electron chi connectivity index (χ3n) is 3.88. The van der Waals surface area contributed by atoms with E-state index in [1.54, 1.807) is 0 Å². The van der Waals surface area contributed by atoms with E-state index in [2.05, 4.69) is 19.1 Å². The van der Waals surface area contributed by atoms with Gasteiger partial charge in [0.25, 0.3) is 0 Å². The summed E-state index contributed by atoms with van der Waals surface area (Å²) in [4.78, 5) is 11.8. The van der Waals surface area contributed by atoms with Crippen LogP contribution in [-0.4, -0.2) is 17.7 Å². The summed E-state index contributed by atoms with van der Waals surface area (Å²) in [5.74, 6) is -0.575. The quantitative estimate of drug-likeness (QED) is 0.175. The molecule has 1 aromatic rings. The number of unbranched alkanes of at least 4 members (excludes halogenated alkanes) is 6. The maximum atomic E-state index is 11.8. The van der Waals surface area contributed by atoms with E-state index in [0.717, 1.165) is 19.3 Å². The Labute approximate surface area is 151 Å². The Kier molecular flexibility index (Phi) is 10.9. The summed E-state index contributed by atoms with van der Waals surface area (Å²) in [6.07, 6.45) is 18.0. The number of hydrogen-bond donors (Lipinski definition) is 2. The van der Waals surface area contributed by atoms with Gasteiger partial charge in [-0.05, 0) is 50.3 Å². The van der Waals surface area contributed by atoms with Crippen LogP contribution >= 0.6 is 0 Å². The van der Waals surface area contributed by atoms with Crippen molar-refractivity contribution in [1.82, 2.24) is 0 Å². The van der Waals surface area contributed by atoms with Gasteiger partial charge in [-0.3, -0.25) is 0 Å². The van der Waals surface area contributed by atoms with Gasteiger partial charge in [-0.15, -0.1) is 0 Å². The number of esters is 1. The Bertz CT molecular complexity index is 564. The molecule has 0 radical (unpaired) electrons. The van der Waals surface area contributed by atoms with Crippen molar-refractivity contribution in [3.63, 3.8) is 0 Å². The van der Waals surface area contributed by atoms with E-state index in [-0.39, 0.29) is 18.0 Å². The zero-order valence-electron chi connectivity index (χ0n) is 15.2. The number of nitrogens with two attached hydrogens (primary N) is 1. The van der Waals surface area contributed by atoms with Gasteiger partial charge in [-0.1, -0.05) is 50.5 Å². The smallest absolute Gasteiger partial charge is 0.338 e. The SMILES string of the molecule is CCCCCC/C=C\CCC/C=C/COC(=O)c1ccc(N)c(O)c1. The van der Waals surface area contributed by atoms with Gasteiger partial charge in [0.1, 0.15) is 12.4 Å². The predicted molar refractivity (Wildman–Crippen MR) is 104 cm³/mol. The van der Waals surface area contributed by atoms with Crippen LogP contribution in [-0.2, 0) is 4.74 Å². The van der Waals surface area contributed by atoms with E-state index in [0.29, 0.717) is 5.56 Å². The number of phenolic OH excluding ortho intramolecular Hbond substituents is 1. The molecular formula is C21H31NO3. The van der Waals surface area contributed by atoms with E-state index >= 15 is 0 Å². The molecule has 0 fully saturated rings. The highest BCUT2D eigenvalue weighted by Crippen LogP contribution is 2.21. The van der Waals surface area contributed by atoms with Gasteiger partial charge in [-0.25, -0.2) is 4.79 Å². The minimum atomic E-state index is -0.467. The summed E-state index contributed by atoms with van der Waals surface area (Å²) in [7, 11) is 0. The van der Waals surface area contributed by atoms with E-state index in [9.17, 15) is 9.90 Å². The van der Waals surface area contributed by atoms with E-state index in [1.807, 2.05) is 12.2 Å². The molecule has 0 atom stereocenters. The largest absolute Gasteiger partial charge is 0.506 e. The number of carbonyl (C=O) groups is 1. The molecule has 0 aliphatic carbocycles. The van der Waals surface area contributed by atoms with Gasteiger partial charge in [0.05, 0.1) is 11.3 Å². The minimum Gasteiger partial charge on any atom is -0.506 e. The number of rotatable bonds is 12. The third kappa shape index (κ3) is 9.60. The van der Waals surface area contributed by atoms with Crippen molar-refractivity contribution in [2.45, 2.75) is 58.3 Å². The van der Waals surface area contributed by atoms with Crippen LogP contribution in [0.25, 0.3) is 0 Å². The number of nitrogen functional groups attached to an aromatic ring is 1. The van der Waals surface area contributed by atoms with Crippen molar-refractivity contribution in [1.29, 1.82) is 0 Å². The first-order valence-corrected chi connectivity index (χ1v) is 9.20. The van der Waals surface area contributed by atoms with E-state index in [1.165, 1.54) is 50.3 Å². The normalized spacial score (nSPS) is 11.4. The molecule has 4 heteroatoms. The first-order chi connectivity index (χ1) is 12.1. The lowest BCUT2D eigenvalue weighted by Gasteiger charge is -2.04. The van der Waals surface area contributed by atoms with Crippen molar-refractivity contribution in [3.8, 4) is 5.75 Å². The third-order valence-corrected chi connectivity index (χ3v) is 3.88. The van der Waals surface area contributed by atoms with Crippen molar-refractivity contribution in [3.05, 3.63) is 48.1 Å². The lowest BCUT2D eigenvalue weighted by Crippen LogP contribution is -2.05. The summed E-state index contributed by atoms with van der Waals surface area (Å²) in [5.41, 5.74) is 6.03. The molecule has 0 bridgehead atoms. The number of benzene rings is 1. The summed E-state index contributed by atoms with van der Waals surface area (Å²) >= 11 is 0. The number of anilines is 1. The molecule has 138 valence electrons. The highest BCUT2D eigenvalue weighted by molar-refractivity contribution is 5.90. The van der Waals surface area contributed by atoms with E-state index in [4.69, 9.17) is 10.5 Å². The molecule has 0 aliphatic rings. The van der Waals surface area contributed by atoms with Crippen LogP contribution in [0.4, 0.5) is 5.69 Å².